The number of aromatic nitrogens is 2. The highest BCUT2D eigenvalue weighted by Crippen LogP contribution is 2.34. The maximum Gasteiger partial charge on any atom is 0.228 e. The van der Waals surface area contributed by atoms with Gasteiger partial charge >= 0.3 is 0 Å². The van der Waals surface area contributed by atoms with Crippen LogP contribution in [0.2, 0.25) is 0 Å². The molecule has 2 rings (SSSR count). The number of hydrogen-bond acceptors (Lipinski definition) is 5. The summed E-state index contributed by atoms with van der Waals surface area (Å²) in [7, 11) is 1.63. The van der Waals surface area contributed by atoms with Crippen molar-refractivity contribution in [1.82, 2.24) is 10.1 Å². The van der Waals surface area contributed by atoms with Crippen molar-refractivity contribution in [3.8, 4) is 0 Å². The molecule has 0 saturated heterocycles. The zero-order valence-corrected chi connectivity index (χ0v) is 8.98. The maximum absolute atomic E-state index is 5.80. The van der Waals surface area contributed by atoms with Crippen LogP contribution >= 0.6 is 0 Å². The van der Waals surface area contributed by atoms with Gasteiger partial charge < -0.3 is 15.0 Å². The first-order valence-electron chi connectivity index (χ1n) is 5.36. The van der Waals surface area contributed by atoms with Gasteiger partial charge in [-0.2, -0.15) is 4.98 Å². The summed E-state index contributed by atoms with van der Waals surface area (Å²) in [4.78, 5) is 4.34. The highest BCUT2D eigenvalue weighted by atomic mass is 16.5. The van der Waals surface area contributed by atoms with E-state index in [2.05, 4.69) is 10.1 Å². The van der Waals surface area contributed by atoms with Gasteiger partial charge in [0.1, 0.15) is 0 Å². The molecule has 0 aliphatic heterocycles. The van der Waals surface area contributed by atoms with Gasteiger partial charge in [0.05, 0.1) is 6.61 Å². The fourth-order valence-electron chi connectivity index (χ4n) is 1.68. The number of nitrogens with zero attached hydrogens (tertiary/aromatic N) is 2. The maximum atomic E-state index is 5.80. The van der Waals surface area contributed by atoms with Crippen molar-refractivity contribution >= 4 is 0 Å². The Kier molecular flexibility index (Phi) is 3.33. The van der Waals surface area contributed by atoms with E-state index in [1.807, 2.05) is 0 Å². The Morgan fingerprint density at radius 1 is 1.60 bits per heavy atom. The van der Waals surface area contributed by atoms with E-state index >= 15 is 0 Å². The standard InChI is InChI=1S/C10H17N3O2/c1-14-6-8(11)5-9-12-10(13-15-9)7-3-2-4-7/h7-8H,2-6,11H2,1H3. The van der Waals surface area contributed by atoms with E-state index in [0.29, 0.717) is 24.8 Å². The monoisotopic (exact) mass is 211 g/mol. The molecule has 0 amide bonds. The van der Waals surface area contributed by atoms with Crippen LogP contribution in [-0.4, -0.2) is 29.9 Å². The van der Waals surface area contributed by atoms with Crippen molar-refractivity contribution in [3.05, 3.63) is 11.7 Å². The van der Waals surface area contributed by atoms with Crippen molar-refractivity contribution in [2.45, 2.75) is 37.6 Å². The summed E-state index contributed by atoms with van der Waals surface area (Å²) >= 11 is 0. The molecule has 1 heterocycles. The largest absolute Gasteiger partial charge is 0.383 e. The van der Waals surface area contributed by atoms with Gasteiger partial charge in [-0.25, -0.2) is 0 Å². The summed E-state index contributed by atoms with van der Waals surface area (Å²) in [5.74, 6) is 1.99. The Bertz CT molecular complexity index is 309. The van der Waals surface area contributed by atoms with E-state index in [-0.39, 0.29) is 6.04 Å². The zero-order chi connectivity index (χ0) is 10.7. The first kappa shape index (κ1) is 10.6. The summed E-state index contributed by atoms with van der Waals surface area (Å²) in [5, 5.41) is 3.97. The molecule has 1 aromatic rings. The molecular weight excluding hydrogens is 194 g/mol. The van der Waals surface area contributed by atoms with E-state index < -0.39 is 0 Å². The number of ether oxygens (including phenoxy) is 1. The lowest BCUT2D eigenvalue weighted by atomic mass is 9.85. The average molecular weight is 211 g/mol. The van der Waals surface area contributed by atoms with Crippen LogP contribution in [0.15, 0.2) is 4.52 Å². The lowest BCUT2D eigenvalue weighted by molar-refractivity contribution is 0.176. The second kappa shape index (κ2) is 4.72. The molecule has 2 N–H and O–H groups in total. The van der Waals surface area contributed by atoms with Crippen LogP contribution in [0.5, 0.6) is 0 Å². The topological polar surface area (TPSA) is 74.2 Å². The predicted molar refractivity (Wildman–Crippen MR) is 54.4 cm³/mol. The first-order chi connectivity index (χ1) is 7.29. The molecule has 1 unspecified atom stereocenters. The van der Waals surface area contributed by atoms with Crippen molar-refractivity contribution in [3.63, 3.8) is 0 Å². The molecule has 0 aromatic carbocycles. The highest BCUT2D eigenvalue weighted by Gasteiger charge is 2.24. The van der Waals surface area contributed by atoms with Crippen molar-refractivity contribution in [1.29, 1.82) is 0 Å². The molecule has 5 heteroatoms. The summed E-state index contributed by atoms with van der Waals surface area (Å²) in [5.41, 5.74) is 5.80. The Morgan fingerprint density at radius 3 is 3.00 bits per heavy atom. The van der Waals surface area contributed by atoms with Crippen molar-refractivity contribution in [2.75, 3.05) is 13.7 Å². The Balaban J connectivity index is 1.88. The third kappa shape index (κ3) is 2.54. The molecule has 1 aliphatic carbocycles. The van der Waals surface area contributed by atoms with Gasteiger partial charge in [0.25, 0.3) is 0 Å². The summed E-state index contributed by atoms with van der Waals surface area (Å²) in [6.07, 6.45) is 4.23. The third-order valence-corrected chi connectivity index (χ3v) is 2.77. The molecule has 1 aliphatic rings. The van der Waals surface area contributed by atoms with Crippen LogP contribution in [0.3, 0.4) is 0 Å². The minimum absolute atomic E-state index is 0.0651. The second-order valence-corrected chi connectivity index (χ2v) is 4.09. The highest BCUT2D eigenvalue weighted by molar-refractivity contribution is 5.00. The number of hydrogen-bond donors (Lipinski definition) is 1. The van der Waals surface area contributed by atoms with E-state index in [9.17, 15) is 0 Å². The molecule has 84 valence electrons. The van der Waals surface area contributed by atoms with Gasteiger partial charge in [-0.1, -0.05) is 11.6 Å². The fraction of sp³-hybridized carbons (Fsp3) is 0.800. The Morgan fingerprint density at radius 2 is 2.40 bits per heavy atom. The number of nitrogens with two attached hydrogens (primary N) is 1. The van der Waals surface area contributed by atoms with Crippen molar-refractivity contribution in [2.24, 2.45) is 5.73 Å². The van der Waals surface area contributed by atoms with Crippen LogP contribution in [0, 0.1) is 0 Å². The fourth-order valence-corrected chi connectivity index (χ4v) is 1.68. The van der Waals surface area contributed by atoms with Gasteiger partial charge in [-0.3, -0.25) is 0 Å². The van der Waals surface area contributed by atoms with E-state index in [1.54, 1.807) is 7.11 Å². The molecule has 1 fully saturated rings. The third-order valence-electron chi connectivity index (χ3n) is 2.77. The smallest absolute Gasteiger partial charge is 0.228 e. The first-order valence-corrected chi connectivity index (χ1v) is 5.36. The van der Waals surface area contributed by atoms with Crippen LogP contribution in [0.1, 0.15) is 36.9 Å². The second-order valence-electron chi connectivity index (χ2n) is 4.09. The molecular formula is C10H17N3O2. The molecule has 0 bridgehead atoms. The van der Waals surface area contributed by atoms with E-state index in [4.69, 9.17) is 15.0 Å². The van der Waals surface area contributed by atoms with Gasteiger partial charge in [-0.05, 0) is 12.8 Å². The molecule has 5 nitrogen and oxygen atoms in total. The average Bonchev–Trinajstić information content (AvgIpc) is 2.50. The summed E-state index contributed by atoms with van der Waals surface area (Å²) in [6, 6.07) is -0.0651. The molecule has 1 aromatic heterocycles. The normalized spacial score (nSPS) is 18.8. The summed E-state index contributed by atoms with van der Waals surface area (Å²) in [6.45, 7) is 0.515. The molecule has 1 atom stereocenters. The lowest BCUT2D eigenvalue weighted by Gasteiger charge is -2.20. The zero-order valence-electron chi connectivity index (χ0n) is 8.98. The summed E-state index contributed by atoms with van der Waals surface area (Å²) < 4.78 is 10.1. The molecule has 0 spiro atoms. The van der Waals surface area contributed by atoms with Crippen LogP contribution in [-0.2, 0) is 11.2 Å². The Hall–Kier alpha value is -0.940. The van der Waals surface area contributed by atoms with Crippen molar-refractivity contribution < 1.29 is 9.26 Å². The van der Waals surface area contributed by atoms with Crippen LogP contribution < -0.4 is 5.73 Å². The lowest BCUT2D eigenvalue weighted by Crippen LogP contribution is -2.28. The van der Waals surface area contributed by atoms with E-state index in [0.717, 1.165) is 5.82 Å². The Labute approximate surface area is 89.0 Å². The quantitative estimate of drug-likeness (QED) is 0.781. The van der Waals surface area contributed by atoms with Gasteiger partial charge in [0, 0.05) is 25.5 Å². The van der Waals surface area contributed by atoms with E-state index in [1.165, 1.54) is 19.3 Å². The predicted octanol–water partition coefficient (Wildman–Crippen LogP) is 0.853. The van der Waals surface area contributed by atoms with Gasteiger partial charge in [0.15, 0.2) is 5.82 Å². The minimum Gasteiger partial charge on any atom is -0.383 e. The SMILES string of the molecule is COCC(N)Cc1nc(C2CCC2)no1. The number of rotatable bonds is 5. The molecule has 0 radical (unpaired) electrons. The van der Waals surface area contributed by atoms with Crippen LogP contribution in [0.25, 0.3) is 0 Å². The minimum atomic E-state index is -0.0651. The van der Waals surface area contributed by atoms with Gasteiger partial charge in [0.2, 0.25) is 5.89 Å². The molecule has 1 saturated carbocycles. The number of methoxy groups -OCH3 is 1. The molecule has 15 heavy (non-hydrogen) atoms. The van der Waals surface area contributed by atoms with Crippen LogP contribution in [0.4, 0.5) is 0 Å². The van der Waals surface area contributed by atoms with Gasteiger partial charge in [-0.15, -0.1) is 0 Å².